The summed E-state index contributed by atoms with van der Waals surface area (Å²) in [5.41, 5.74) is -5.14. The van der Waals surface area contributed by atoms with E-state index in [0.29, 0.717) is 0 Å². The summed E-state index contributed by atoms with van der Waals surface area (Å²) < 4.78 is 101. The summed E-state index contributed by atoms with van der Waals surface area (Å²) in [5, 5.41) is 7.97. The van der Waals surface area contributed by atoms with Crippen LogP contribution in [0.2, 0.25) is 0 Å². The highest BCUT2D eigenvalue weighted by Crippen LogP contribution is 2.52. The average molecular weight is 433 g/mol. The number of nitrogens with zero attached hydrogens (tertiary/aromatic N) is 1. The number of aliphatic hydroxyl groups is 1. The van der Waals surface area contributed by atoms with Gasteiger partial charge in [-0.2, -0.15) is 26.3 Å². The summed E-state index contributed by atoms with van der Waals surface area (Å²) in [4.78, 5) is 3.45. The first-order valence-corrected chi connectivity index (χ1v) is 10.00. The fourth-order valence-electron chi connectivity index (χ4n) is 2.23. The monoisotopic (exact) mass is 433 g/mol. The van der Waals surface area contributed by atoms with Crippen molar-refractivity contribution in [3.05, 3.63) is 34.2 Å². The molecule has 0 spiro atoms. The molecule has 0 aliphatic carbocycles. The number of halogens is 6. The molecule has 12 heteroatoms. The van der Waals surface area contributed by atoms with Crippen LogP contribution in [0, 0.1) is 0 Å². The predicted molar refractivity (Wildman–Crippen MR) is 86.0 cm³/mol. The summed E-state index contributed by atoms with van der Waals surface area (Å²) >= 11 is 0.105. The van der Waals surface area contributed by atoms with E-state index >= 15 is 0 Å². The maximum Gasteiger partial charge on any atom is 0.433 e. The van der Waals surface area contributed by atoms with E-state index < -0.39 is 32.8 Å². The third-order valence-corrected chi connectivity index (χ3v) is 6.14. The van der Waals surface area contributed by atoms with E-state index in [1.807, 2.05) is 0 Å². The van der Waals surface area contributed by atoms with Crippen LogP contribution in [-0.4, -0.2) is 37.1 Å². The van der Waals surface area contributed by atoms with Gasteiger partial charge in [0.1, 0.15) is 5.01 Å². The number of sulfone groups is 1. The minimum Gasteiger partial charge on any atom is -0.368 e. The van der Waals surface area contributed by atoms with Crippen LogP contribution < -0.4 is 0 Å². The van der Waals surface area contributed by atoms with Gasteiger partial charge in [-0.05, 0) is 18.6 Å². The lowest BCUT2D eigenvalue weighted by molar-refractivity contribution is -0.376. The van der Waals surface area contributed by atoms with Crippen molar-refractivity contribution in [2.45, 2.75) is 36.2 Å². The van der Waals surface area contributed by atoms with E-state index in [0.717, 1.165) is 6.26 Å². The van der Waals surface area contributed by atoms with Crippen molar-refractivity contribution in [2.24, 2.45) is 0 Å². The molecule has 0 unspecified atom stereocenters. The maximum atomic E-state index is 13.0. The summed E-state index contributed by atoms with van der Waals surface area (Å²) in [6, 6.07) is 4.80. The van der Waals surface area contributed by atoms with Gasteiger partial charge in [-0.15, -0.1) is 11.3 Å². The van der Waals surface area contributed by atoms with Gasteiger partial charge in [0, 0.05) is 16.7 Å². The van der Waals surface area contributed by atoms with Gasteiger partial charge in [-0.1, -0.05) is 19.1 Å². The van der Waals surface area contributed by atoms with Crippen LogP contribution in [0.5, 0.6) is 0 Å². The summed E-state index contributed by atoms with van der Waals surface area (Å²) in [6.45, 7) is 1.51. The molecule has 0 aliphatic rings. The molecular weight excluding hydrogens is 420 g/mol. The molecule has 27 heavy (non-hydrogen) atoms. The maximum absolute atomic E-state index is 13.0. The highest BCUT2D eigenvalue weighted by molar-refractivity contribution is 7.90. The molecule has 1 aromatic heterocycles. The smallest absolute Gasteiger partial charge is 0.368 e. The van der Waals surface area contributed by atoms with Crippen LogP contribution in [-0.2, 0) is 21.9 Å². The van der Waals surface area contributed by atoms with Crippen LogP contribution >= 0.6 is 11.3 Å². The lowest BCUT2D eigenvalue weighted by Crippen LogP contribution is -2.53. The Labute approximate surface area is 154 Å². The Morgan fingerprint density at radius 2 is 1.52 bits per heavy atom. The Morgan fingerprint density at radius 1 is 1.04 bits per heavy atom. The molecule has 0 radical (unpaired) electrons. The second-order valence-electron chi connectivity index (χ2n) is 5.65. The fourth-order valence-corrected chi connectivity index (χ4v) is 4.02. The Kier molecular flexibility index (Phi) is 5.40. The molecule has 0 atom stereocenters. The fraction of sp³-hybridized carbons (Fsp3) is 0.400. The first kappa shape index (κ1) is 21.6. The largest absolute Gasteiger partial charge is 0.433 e. The molecule has 1 heterocycles. The summed E-state index contributed by atoms with van der Waals surface area (Å²) in [7, 11) is -3.53. The van der Waals surface area contributed by atoms with E-state index in [1.54, 1.807) is 0 Å². The molecule has 4 nitrogen and oxygen atoms in total. The van der Waals surface area contributed by atoms with Crippen molar-refractivity contribution in [2.75, 3.05) is 6.26 Å². The van der Waals surface area contributed by atoms with Crippen molar-refractivity contribution in [3.8, 4) is 11.3 Å². The van der Waals surface area contributed by atoms with Crippen LogP contribution in [0.1, 0.15) is 16.8 Å². The van der Waals surface area contributed by atoms with Crippen molar-refractivity contribution in [3.63, 3.8) is 0 Å². The van der Waals surface area contributed by atoms with Gasteiger partial charge in [0.15, 0.2) is 9.84 Å². The van der Waals surface area contributed by atoms with Crippen molar-refractivity contribution >= 4 is 21.2 Å². The topological polar surface area (TPSA) is 67.3 Å². The number of benzene rings is 1. The van der Waals surface area contributed by atoms with Gasteiger partial charge in [0.25, 0.3) is 0 Å². The standard InChI is InChI=1S/C15H13F6NO3S2/c1-3-10-11(8-4-6-9(7-5-8)27(2,24)25)22-12(26-10)13(23,14(16,17)18)15(19,20)21/h4-7,23H,3H2,1-2H3. The van der Waals surface area contributed by atoms with E-state index in [1.165, 1.54) is 31.2 Å². The number of thiazole rings is 1. The quantitative estimate of drug-likeness (QED) is 0.738. The molecule has 0 saturated heterocycles. The number of aryl methyl sites for hydroxylation is 1. The van der Waals surface area contributed by atoms with E-state index in [4.69, 9.17) is 0 Å². The third-order valence-electron chi connectivity index (χ3n) is 3.70. The lowest BCUT2D eigenvalue weighted by Gasteiger charge is -2.30. The first-order chi connectivity index (χ1) is 12.1. The van der Waals surface area contributed by atoms with Crippen molar-refractivity contribution < 1.29 is 39.9 Å². The van der Waals surface area contributed by atoms with Gasteiger partial charge < -0.3 is 5.11 Å². The van der Waals surface area contributed by atoms with Gasteiger partial charge in [-0.3, -0.25) is 0 Å². The molecule has 2 rings (SSSR count). The Bertz CT molecular complexity index is 916. The number of rotatable bonds is 4. The molecule has 0 saturated carbocycles. The Balaban J connectivity index is 2.64. The third kappa shape index (κ3) is 3.83. The van der Waals surface area contributed by atoms with Crippen LogP contribution in [0.4, 0.5) is 26.3 Å². The highest BCUT2D eigenvalue weighted by atomic mass is 32.2. The summed E-state index contributed by atoms with van der Waals surface area (Å²) in [6.07, 6.45) is -11.0. The van der Waals surface area contributed by atoms with Crippen molar-refractivity contribution in [1.29, 1.82) is 0 Å². The molecule has 0 bridgehead atoms. The molecule has 1 N–H and O–H groups in total. The zero-order valence-corrected chi connectivity index (χ0v) is 15.4. The van der Waals surface area contributed by atoms with Gasteiger partial charge in [-0.25, -0.2) is 13.4 Å². The summed E-state index contributed by atoms with van der Waals surface area (Å²) in [5.74, 6) is 0. The van der Waals surface area contributed by atoms with Gasteiger partial charge in [0.05, 0.1) is 10.6 Å². The SMILES string of the molecule is CCc1sc(C(O)(C(F)(F)F)C(F)(F)F)nc1-c1ccc(S(C)(=O)=O)cc1. The number of hydrogen-bond donors (Lipinski definition) is 1. The zero-order valence-electron chi connectivity index (χ0n) is 13.8. The van der Waals surface area contributed by atoms with Crippen LogP contribution in [0.25, 0.3) is 11.3 Å². The lowest BCUT2D eigenvalue weighted by atomic mass is 10.0. The number of aromatic nitrogens is 1. The van der Waals surface area contributed by atoms with E-state index in [-0.39, 0.29) is 38.8 Å². The second kappa shape index (κ2) is 6.74. The first-order valence-electron chi connectivity index (χ1n) is 7.29. The molecule has 0 amide bonds. The molecule has 0 aliphatic heterocycles. The van der Waals surface area contributed by atoms with Crippen LogP contribution in [0.15, 0.2) is 29.2 Å². The van der Waals surface area contributed by atoms with E-state index in [9.17, 15) is 39.9 Å². The zero-order chi connectivity index (χ0) is 20.8. The molecule has 1 aromatic carbocycles. The average Bonchev–Trinajstić information content (AvgIpc) is 2.95. The molecule has 2 aromatic rings. The Morgan fingerprint density at radius 3 is 1.89 bits per heavy atom. The van der Waals surface area contributed by atoms with E-state index in [2.05, 4.69) is 4.98 Å². The second-order valence-corrected chi connectivity index (χ2v) is 8.75. The van der Waals surface area contributed by atoms with Crippen LogP contribution in [0.3, 0.4) is 0 Å². The van der Waals surface area contributed by atoms with Crippen molar-refractivity contribution in [1.82, 2.24) is 4.98 Å². The normalized spacial score (nSPS) is 13.8. The number of alkyl halides is 6. The van der Waals surface area contributed by atoms with Gasteiger partial charge in [0.2, 0.25) is 0 Å². The van der Waals surface area contributed by atoms with Gasteiger partial charge >= 0.3 is 18.0 Å². The number of hydrogen-bond acceptors (Lipinski definition) is 5. The Hall–Kier alpha value is -1.66. The molecular formula is C15H13F6NO3S2. The molecule has 0 fully saturated rings. The molecule has 150 valence electrons. The minimum absolute atomic E-state index is 0.0621. The predicted octanol–water partition coefficient (Wildman–Crippen LogP) is 4.09. The minimum atomic E-state index is -6.02. The highest BCUT2D eigenvalue weighted by Gasteiger charge is 2.73.